The van der Waals surface area contributed by atoms with Crippen molar-refractivity contribution < 1.29 is 9.53 Å². The average Bonchev–Trinajstić information content (AvgIpc) is 2.25. The van der Waals surface area contributed by atoms with E-state index >= 15 is 0 Å². The Bertz CT molecular complexity index is 333. The summed E-state index contributed by atoms with van der Waals surface area (Å²) in [6, 6.07) is 0. The number of ether oxygens (including phenoxy) is 1. The van der Waals surface area contributed by atoms with Crippen LogP contribution in [0.5, 0.6) is 0 Å². The van der Waals surface area contributed by atoms with Crippen LogP contribution < -0.4 is 0 Å². The lowest BCUT2D eigenvalue weighted by molar-refractivity contribution is -0.114. The molecular formula is C16H28O2. The Balaban J connectivity index is 4.80. The summed E-state index contributed by atoms with van der Waals surface area (Å²) in [6.07, 6.45) is 7.18. The Morgan fingerprint density at radius 3 is 2.17 bits per heavy atom. The molecule has 0 aliphatic carbocycles. The fraction of sp³-hybridized carbons (Fsp3) is 0.688. The largest absolute Gasteiger partial charge is 0.361 e. The third kappa shape index (κ3) is 6.15. The van der Waals surface area contributed by atoms with Crippen molar-refractivity contribution >= 4 is 5.78 Å². The Hall–Kier alpha value is -0.890. The maximum atomic E-state index is 11.3. The van der Waals surface area contributed by atoms with Crippen LogP contribution in [0.25, 0.3) is 0 Å². The highest BCUT2D eigenvalue weighted by Gasteiger charge is 2.28. The molecule has 0 heterocycles. The quantitative estimate of drug-likeness (QED) is 0.494. The third-order valence-corrected chi connectivity index (χ3v) is 3.00. The van der Waals surface area contributed by atoms with E-state index in [2.05, 4.69) is 33.8 Å². The van der Waals surface area contributed by atoms with E-state index in [1.165, 1.54) is 5.57 Å². The van der Waals surface area contributed by atoms with Gasteiger partial charge in [-0.2, -0.15) is 0 Å². The van der Waals surface area contributed by atoms with Crippen LogP contribution in [-0.2, 0) is 9.53 Å². The molecule has 0 bridgehead atoms. The Morgan fingerprint density at radius 2 is 1.72 bits per heavy atom. The molecule has 0 N–H and O–H groups in total. The van der Waals surface area contributed by atoms with E-state index in [0.29, 0.717) is 6.42 Å². The first-order valence-electron chi connectivity index (χ1n) is 6.74. The van der Waals surface area contributed by atoms with Crippen molar-refractivity contribution in [3.63, 3.8) is 0 Å². The molecule has 2 nitrogen and oxygen atoms in total. The SMILES string of the molecule is CC/C=C(\C)C(C)(C)OC(C)(C)/C=C/C(=O)CC. The number of carbonyl (C=O) groups excluding carboxylic acids is 1. The van der Waals surface area contributed by atoms with Gasteiger partial charge >= 0.3 is 0 Å². The van der Waals surface area contributed by atoms with Crippen LogP contribution in [0.15, 0.2) is 23.8 Å². The highest BCUT2D eigenvalue weighted by atomic mass is 16.5. The summed E-state index contributed by atoms with van der Waals surface area (Å²) in [7, 11) is 0. The molecule has 0 aliphatic heterocycles. The monoisotopic (exact) mass is 252 g/mol. The first-order valence-corrected chi connectivity index (χ1v) is 6.74. The maximum absolute atomic E-state index is 11.3. The summed E-state index contributed by atoms with van der Waals surface area (Å²) in [5.74, 6) is 0.130. The normalized spacial score (nSPS) is 14.3. The Morgan fingerprint density at radius 1 is 1.17 bits per heavy atom. The molecule has 0 spiro atoms. The first-order chi connectivity index (χ1) is 8.14. The molecule has 0 saturated heterocycles. The van der Waals surface area contributed by atoms with Crippen LogP contribution in [-0.4, -0.2) is 17.0 Å². The van der Waals surface area contributed by atoms with Crippen LogP contribution in [0.2, 0.25) is 0 Å². The molecular weight excluding hydrogens is 224 g/mol. The zero-order chi connectivity index (χ0) is 14.4. The second-order valence-electron chi connectivity index (χ2n) is 5.66. The van der Waals surface area contributed by atoms with Gasteiger partial charge in [0.2, 0.25) is 0 Å². The highest BCUT2D eigenvalue weighted by Crippen LogP contribution is 2.28. The molecule has 0 saturated carbocycles. The summed E-state index contributed by atoms with van der Waals surface area (Å²) in [5, 5.41) is 0. The molecule has 18 heavy (non-hydrogen) atoms. The van der Waals surface area contributed by atoms with Gasteiger partial charge in [0, 0.05) is 6.42 Å². The molecule has 0 aromatic carbocycles. The molecule has 0 aliphatic rings. The lowest BCUT2D eigenvalue weighted by atomic mass is 9.96. The molecule has 0 aromatic heterocycles. The fourth-order valence-corrected chi connectivity index (χ4v) is 1.74. The van der Waals surface area contributed by atoms with E-state index in [-0.39, 0.29) is 11.4 Å². The molecule has 0 amide bonds. The van der Waals surface area contributed by atoms with Crippen molar-refractivity contribution in [1.29, 1.82) is 0 Å². The summed E-state index contributed by atoms with van der Waals surface area (Å²) in [6.45, 7) is 14.1. The summed E-state index contributed by atoms with van der Waals surface area (Å²) < 4.78 is 6.13. The van der Waals surface area contributed by atoms with Gasteiger partial charge in [-0.3, -0.25) is 4.79 Å². The topological polar surface area (TPSA) is 26.3 Å². The number of ketones is 1. The summed E-state index contributed by atoms with van der Waals surface area (Å²) in [4.78, 5) is 11.3. The predicted molar refractivity (Wildman–Crippen MR) is 77.7 cm³/mol. The third-order valence-electron chi connectivity index (χ3n) is 3.00. The van der Waals surface area contributed by atoms with Gasteiger partial charge in [0.05, 0.1) is 11.2 Å². The number of carbonyl (C=O) groups is 1. The zero-order valence-electron chi connectivity index (χ0n) is 13.0. The van der Waals surface area contributed by atoms with Gasteiger partial charge < -0.3 is 4.74 Å². The van der Waals surface area contributed by atoms with E-state index in [9.17, 15) is 4.79 Å². The maximum Gasteiger partial charge on any atom is 0.155 e. The minimum atomic E-state index is -0.447. The number of hydrogen-bond acceptors (Lipinski definition) is 2. The van der Waals surface area contributed by atoms with Crippen LogP contribution in [0.1, 0.15) is 61.3 Å². The Labute approximate surface area is 112 Å². The van der Waals surface area contributed by atoms with Crippen molar-refractivity contribution in [2.75, 3.05) is 0 Å². The van der Waals surface area contributed by atoms with E-state index < -0.39 is 5.60 Å². The van der Waals surface area contributed by atoms with Crippen molar-refractivity contribution in [2.45, 2.75) is 72.5 Å². The number of allylic oxidation sites excluding steroid dienone is 2. The van der Waals surface area contributed by atoms with E-state index in [0.717, 1.165) is 6.42 Å². The van der Waals surface area contributed by atoms with Gasteiger partial charge in [0.25, 0.3) is 0 Å². The average molecular weight is 252 g/mol. The van der Waals surface area contributed by atoms with Gasteiger partial charge in [0.1, 0.15) is 0 Å². The molecule has 0 aromatic rings. The summed E-state index contributed by atoms with van der Waals surface area (Å²) >= 11 is 0. The van der Waals surface area contributed by atoms with Crippen molar-refractivity contribution in [3.8, 4) is 0 Å². The Kier molecular flexibility index (Phi) is 6.55. The predicted octanol–water partition coefficient (Wildman–Crippen LogP) is 4.45. The summed E-state index contributed by atoms with van der Waals surface area (Å²) in [5.41, 5.74) is 0.448. The molecule has 0 atom stereocenters. The number of hydrogen-bond donors (Lipinski definition) is 0. The highest BCUT2D eigenvalue weighted by molar-refractivity contribution is 5.89. The smallest absolute Gasteiger partial charge is 0.155 e. The lowest BCUT2D eigenvalue weighted by Gasteiger charge is -2.35. The minimum Gasteiger partial charge on any atom is -0.361 e. The van der Waals surface area contributed by atoms with Crippen LogP contribution in [0, 0.1) is 0 Å². The second kappa shape index (κ2) is 6.89. The van der Waals surface area contributed by atoms with E-state index in [4.69, 9.17) is 4.74 Å². The molecule has 0 fully saturated rings. The lowest BCUT2D eigenvalue weighted by Crippen LogP contribution is -2.36. The molecule has 104 valence electrons. The standard InChI is InChI=1S/C16H28O2/c1-8-10-13(3)16(6,7)18-15(4,5)12-11-14(17)9-2/h10-12H,8-9H2,1-7H3/b12-11+,13-10+. The van der Waals surface area contributed by atoms with Crippen LogP contribution in [0.3, 0.4) is 0 Å². The van der Waals surface area contributed by atoms with Crippen molar-refractivity contribution in [2.24, 2.45) is 0 Å². The van der Waals surface area contributed by atoms with Crippen LogP contribution >= 0.6 is 0 Å². The number of rotatable bonds is 7. The first kappa shape index (κ1) is 17.1. The molecule has 0 rings (SSSR count). The van der Waals surface area contributed by atoms with Crippen LogP contribution in [0.4, 0.5) is 0 Å². The van der Waals surface area contributed by atoms with Gasteiger partial charge in [-0.15, -0.1) is 0 Å². The van der Waals surface area contributed by atoms with E-state index in [1.807, 2.05) is 26.8 Å². The molecule has 2 heteroatoms. The second-order valence-corrected chi connectivity index (χ2v) is 5.66. The van der Waals surface area contributed by atoms with Gasteiger partial charge in [0.15, 0.2) is 5.78 Å². The van der Waals surface area contributed by atoms with E-state index in [1.54, 1.807) is 6.08 Å². The molecule has 0 unspecified atom stereocenters. The molecule has 0 radical (unpaired) electrons. The van der Waals surface area contributed by atoms with Gasteiger partial charge in [-0.25, -0.2) is 0 Å². The van der Waals surface area contributed by atoms with Crippen molar-refractivity contribution in [3.05, 3.63) is 23.8 Å². The minimum absolute atomic E-state index is 0.130. The fourth-order valence-electron chi connectivity index (χ4n) is 1.74. The van der Waals surface area contributed by atoms with Gasteiger partial charge in [-0.1, -0.05) is 19.9 Å². The zero-order valence-corrected chi connectivity index (χ0v) is 13.0. The van der Waals surface area contributed by atoms with Crippen molar-refractivity contribution in [1.82, 2.24) is 0 Å². The van der Waals surface area contributed by atoms with Gasteiger partial charge in [-0.05, 0) is 58.8 Å².